The fourth-order valence-electron chi connectivity index (χ4n) is 4.17. The van der Waals surface area contributed by atoms with Crippen LogP contribution < -0.4 is 4.74 Å². The molecule has 1 amide bonds. The van der Waals surface area contributed by atoms with Crippen molar-refractivity contribution < 1.29 is 24.5 Å². The van der Waals surface area contributed by atoms with Gasteiger partial charge in [0, 0.05) is 18.5 Å². The van der Waals surface area contributed by atoms with Gasteiger partial charge in [0.15, 0.2) is 0 Å². The fraction of sp³-hybridized carbons (Fsp3) is 0.333. The Morgan fingerprint density at radius 1 is 1.17 bits per heavy atom. The Bertz CT molecular complexity index is 1020. The minimum absolute atomic E-state index is 0.0639. The van der Waals surface area contributed by atoms with E-state index < -0.39 is 17.7 Å². The summed E-state index contributed by atoms with van der Waals surface area (Å²) >= 11 is 0. The van der Waals surface area contributed by atoms with Gasteiger partial charge in [0.05, 0.1) is 11.6 Å². The van der Waals surface area contributed by atoms with Gasteiger partial charge in [0.25, 0.3) is 11.7 Å². The molecule has 0 aromatic heterocycles. The number of ketones is 1. The molecule has 2 aliphatic rings. The Balaban J connectivity index is 1.82. The van der Waals surface area contributed by atoms with Crippen LogP contribution in [0.1, 0.15) is 49.4 Å². The first kappa shape index (κ1) is 20.0. The van der Waals surface area contributed by atoms with Crippen LogP contribution in [0.25, 0.3) is 5.76 Å². The van der Waals surface area contributed by atoms with E-state index >= 15 is 0 Å². The number of likely N-dealkylation sites (tertiary alicyclic amines) is 1. The zero-order valence-electron chi connectivity index (χ0n) is 17.1. The van der Waals surface area contributed by atoms with Crippen molar-refractivity contribution in [1.29, 1.82) is 0 Å². The van der Waals surface area contributed by atoms with E-state index in [2.05, 4.69) is 0 Å². The molecule has 0 aliphatic carbocycles. The number of aliphatic hydroxyl groups excluding tert-OH is 1. The number of benzene rings is 2. The SMILES string of the molecule is CCCCN1C(=O)C(=O)/C(=C(\O)c2ccc3c(c2)CC(C)O3)C1c1ccc(O)cc1. The Kier molecular flexibility index (Phi) is 5.24. The number of fused-ring (bicyclic) bond motifs is 1. The highest BCUT2D eigenvalue weighted by molar-refractivity contribution is 6.46. The summed E-state index contributed by atoms with van der Waals surface area (Å²) in [5, 5.41) is 20.8. The van der Waals surface area contributed by atoms with Crippen molar-refractivity contribution in [2.75, 3.05) is 6.54 Å². The van der Waals surface area contributed by atoms with Crippen molar-refractivity contribution in [1.82, 2.24) is 4.90 Å². The Hall–Kier alpha value is -3.28. The molecule has 0 radical (unpaired) electrons. The van der Waals surface area contributed by atoms with Gasteiger partial charge in [-0.25, -0.2) is 0 Å². The van der Waals surface area contributed by atoms with Crippen LogP contribution in [0.5, 0.6) is 11.5 Å². The number of carbonyl (C=O) groups is 2. The molecule has 2 unspecified atom stereocenters. The van der Waals surface area contributed by atoms with Crippen LogP contribution in [0.15, 0.2) is 48.0 Å². The molecule has 1 saturated heterocycles. The van der Waals surface area contributed by atoms with Gasteiger partial charge >= 0.3 is 0 Å². The number of Topliss-reactive ketones (excluding diaryl/α,β-unsaturated/α-hetero) is 1. The number of unbranched alkanes of at least 4 members (excludes halogenated alkanes) is 1. The molecule has 0 bridgehead atoms. The topological polar surface area (TPSA) is 87.1 Å². The largest absolute Gasteiger partial charge is 0.508 e. The molecule has 1 fully saturated rings. The summed E-state index contributed by atoms with van der Waals surface area (Å²) < 4.78 is 5.72. The number of ether oxygens (including phenoxy) is 1. The van der Waals surface area contributed by atoms with Crippen molar-refractivity contribution in [3.63, 3.8) is 0 Å². The number of aromatic hydroxyl groups is 1. The van der Waals surface area contributed by atoms with Crippen LogP contribution in [0.2, 0.25) is 0 Å². The molecular formula is C24H25NO5. The summed E-state index contributed by atoms with van der Waals surface area (Å²) in [6.07, 6.45) is 2.40. The third kappa shape index (κ3) is 3.43. The summed E-state index contributed by atoms with van der Waals surface area (Å²) in [4.78, 5) is 27.3. The van der Waals surface area contributed by atoms with E-state index in [1.165, 1.54) is 17.0 Å². The molecule has 2 aliphatic heterocycles. The predicted molar refractivity (Wildman–Crippen MR) is 112 cm³/mol. The highest BCUT2D eigenvalue weighted by Gasteiger charge is 2.45. The lowest BCUT2D eigenvalue weighted by molar-refractivity contribution is -0.139. The maximum Gasteiger partial charge on any atom is 0.295 e. The number of phenols is 1. The van der Waals surface area contributed by atoms with Gasteiger partial charge in [0.2, 0.25) is 0 Å². The van der Waals surface area contributed by atoms with E-state index in [1.54, 1.807) is 24.3 Å². The lowest BCUT2D eigenvalue weighted by atomic mass is 9.94. The fourth-order valence-corrected chi connectivity index (χ4v) is 4.17. The number of rotatable bonds is 5. The Morgan fingerprint density at radius 2 is 1.90 bits per heavy atom. The number of hydrogen-bond acceptors (Lipinski definition) is 5. The molecule has 30 heavy (non-hydrogen) atoms. The quantitative estimate of drug-likeness (QED) is 0.445. The molecule has 0 spiro atoms. The van der Waals surface area contributed by atoms with E-state index in [1.807, 2.05) is 19.9 Å². The average Bonchev–Trinajstić information content (AvgIpc) is 3.22. The number of phenolic OH excluding ortho intramolecular Hbond substituents is 1. The molecule has 6 nitrogen and oxygen atoms in total. The number of hydrogen-bond donors (Lipinski definition) is 2. The van der Waals surface area contributed by atoms with Crippen molar-refractivity contribution in [2.24, 2.45) is 0 Å². The van der Waals surface area contributed by atoms with Gasteiger partial charge in [0.1, 0.15) is 23.4 Å². The molecule has 0 saturated carbocycles. The third-order valence-electron chi connectivity index (χ3n) is 5.67. The second-order valence-corrected chi connectivity index (χ2v) is 7.89. The second kappa shape index (κ2) is 7.86. The van der Waals surface area contributed by atoms with Gasteiger partial charge < -0.3 is 19.8 Å². The first-order chi connectivity index (χ1) is 14.4. The van der Waals surface area contributed by atoms with Gasteiger partial charge in [-0.1, -0.05) is 25.5 Å². The first-order valence-electron chi connectivity index (χ1n) is 10.3. The zero-order chi connectivity index (χ0) is 21.4. The summed E-state index contributed by atoms with van der Waals surface area (Å²) in [6.45, 7) is 4.41. The maximum absolute atomic E-state index is 12.9. The minimum atomic E-state index is -0.694. The summed E-state index contributed by atoms with van der Waals surface area (Å²) in [5.74, 6) is -0.615. The van der Waals surface area contributed by atoms with Crippen molar-refractivity contribution in [2.45, 2.75) is 45.3 Å². The molecule has 2 N–H and O–H groups in total. The molecule has 2 aromatic rings. The molecule has 156 valence electrons. The van der Waals surface area contributed by atoms with E-state index in [4.69, 9.17) is 4.74 Å². The highest BCUT2D eigenvalue weighted by Crippen LogP contribution is 2.41. The minimum Gasteiger partial charge on any atom is -0.508 e. The molecule has 2 aromatic carbocycles. The van der Waals surface area contributed by atoms with Gasteiger partial charge in [-0.15, -0.1) is 0 Å². The van der Waals surface area contributed by atoms with E-state index in [0.717, 1.165) is 30.6 Å². The van der Waals surface area contributed by atoms with Crippen LogP contribution in [0.4, 0.5) is 0 Å². The molecule has 2 heterocycles. The van der Waals surface area contributed by atoms with Crippen LogP contribution in [-0.2, 0) is 16.0 Å². The molecule has 6 heteroatoms. The van der Waals surface area contributed by atoms with Crippen LogP contribution >= 0.6 is 0 Å². The van der Waals surface area contributed by atoms with Crippen molar-refractivity contribution >= 4 is 17.4 Å². The van der Waals surface area contributed by atoms with Crippen LogP contribution in [0.3, 0.4) is 0 Å². The second-order valence-electron chi connectivity index (χ2n) is 7.89. The molecular weight excluding hydrogens is 382 g/mol. The standard InChI is InChI=1S/C24H25NO5/c1-3-4-11-25-21(15-5-8-18(26)9-6-15)20(23(28)24(25)29)22(27)16-7-10-19-17(13-16)12-14(2)30-19/h5-10,13-14,21,26-27H,3-4,11-12H2,1-2H3/b22-20-. The molecule has 4 rings (SSSR count). The summed E-state index contributed by atoms with van der Waals surface area (Å²) in [7, 11) is 0. The number of aliphatic hydroxyl groups is 1. The van der Waals surface area contributed by atoms with E-state index in [-0.39, 0.29) is 23.2 Å². The predicted octanol–water partition coefficient (Wildman–Crippen LogP) is 3.94. The zero-order valence-corrected chi connectivity index (χ0v) is 17.1. The van der Waals surface area contributed by atoms with Gasteiger partial charge in [-0.2, -0.15) is 0 Å². The van der Waals surface area contributed by atoms with Crippen LogP contribution in [0, 0.1) is 0 Å². The monoisotopic (exact) mass is 407 g/mol. The lowest BCUT2D eigenvalue weighted by Crippen LogP contribution is -2.30. The third-order valence-corrected chi connectivity index (χ3v) is 5.67. The normalized spacial score (nSPS) is 22.3. The number of carbonyl (C=O) groups excluding carboxylic acids is 2. The first-order valence-corrected chi connectivity index (χ1v) is 10.3. The Morgan fingerprint density at radius 3 is 2.60 bits per heavy atom. The van der Waals surface area contributed by atoms with E-state index in [9.17, 15) is 19.8 Å². The van der Waals surface area contributed by atoms with E-state index in [0.29, 0.717) is 17.7 Å². The number of amides is 1. The summed E-state index contributed by atoms with van der Waals surface area (Å²) in [5.41, 5.74) is 2.20. The smallest absolute Gasteiger partial charge is 0.295 e. The number of nitrogens with zero attached hydrogens (tertiary/aromatic N) is 1. The lowest BCUT2D eigenvalue weighted by Gasteiger charge is -2.25. The van der Waals surface area contributed by atoms with Crippen LogP contribution in [-0.4, -0.2) is 39.5 Å². The van der Waals surface area contributed by atoms with Crippen molar-refractivity contribution in [3.05, 3.63) is 64.7 Å². The molecule has 2 atom stereocenters. The highest BCUT2D eigenvalue weighted by atomic mass is 16.5. The van der Waals surface area contributed by atoms with Gasteiger partial charge in [-0.3, -0.25) is 9.59 Å². The van der Waals surface area contributed by atoms with Gasteiger partial charge in [-0.05, 0) is 54.8 Å². The maximum atomic E-state index is 12.9. The average molecular weight is 407 g/mol. The Labute approximate surface area is 175 Å². The van der Waals surface area contributed by atoms with Crippen molar-refractivity contribution in [3.8, 4) is 11.5 Å². The summed E-state index contributed by atoms with van der Waals surface area (Å²) in [6, 6.07) is 11.0.